The van der Waals surface area contributed by atoms with Crippen LogP contribution in [0.4, 0.5) is 0 Å². The molecule has 1 N–H and O–H groups in total. The molecule has 0 fully saturated rings. The Hall–Kier alpha value is -2.48. The van der Waals surface area contributed by atoms with Gasteiger partial charge in [-0.15, -0.1) is 11.3 Å². The normalized spacial score (nSPS) is 11.1. The molecule has 3 aromatic heterocycles. The van der Waals surface area contributed by atoms with Crippen molar-refractivity contribution in [3.05, 3.63) is 44.7 Å². The zero-order valence-electron chi connectivity index (χ0n) is 13.8. The van der Waals surface area contributed by atoms with Crippen LogP contribution >= 0.6 is 11.3 Å². The largest absolute Gasteiger partial charge is 0.465 e. The maximum Gasteiger partial charge on any atom is 0.294 e. The van der Waals surface area contributed by atoms with Crippen molar-refractivity contribution in [2.75, 3.05) is 0 Å². The topological polar surface area (TPSA) is 90.0 Å². The van der Waals surface area contributed by atoms with E-state index in [1.807, 2.05) is 26.8 Å². The van der Waals surface area contributed by atoms with Gasteiger partial charge in [0.15, 0.2) is 5.52 Å². The number of aromatic nitrogens is 3. The second kappa shape index (κ2) is 6.56. The number of furan rings is 1. The summed E-state index contributed by atoms with van der Waals surface area (Å²) in [5, 5.41) is 7.85. The fourth-order valence-corrected chi connectivity index (χ4v) is 3.30. The number of hydrogen-bond acceptors (Lipinski definition) is 6. The minimum Gasteiger partial charge on any atom is -0.465 e. The van der Waals surface area contributed by atoms with Crippen LogP contribution in [0.5, 0.6) is 0 Å². The van der Waals surface area contributed by atoms with Crippen LogP contribution in [0.2, 0.25) is 0 Å². The maximum absolute atomic E-state index is 12.5. The highest BCUT2D eigenvalue weighted by atomic mass is 32.1. The molecule has 0 aromatic carbocycles. The van der Waals surface area contributed by atoms with Gasteiger partial charge >= 0.3 is 0 Å². The lowest BCUT2D eigenvalue weighted by Crippen LogP contribution is -2.33. The van der Waals surface area contributed by atoms with Gasteiger partial charge in [0.1, 0.15) is 18.1 Å². The Balaban J connectivity index is 1.78. The molecule has 0 saturated carbocycles. The monoisotopic (exact) mass is 346 g/mol. The first-order valence-corrected chi connectivity index (χ1v) is 8.48. The average Bonchev–Trinajstić information content (AvgIpc) is 3.17. The van der Waals surface area contributed by atoms with E-state index in [0.717, 1.165) is 21.9 Å². The van der Waals surface area contributed by atoms with Gasteiger partial charge in [-0.1, -0.05) is 6.92 Å². The van der Waals surface area contributed by atoms with Gasteiger partial charge in [-0.3, -0.25) is 9.59 Å². The molecule has 0 radical (unpaired) electrons. The molecular weight excluding hydrogens is 328 g/mol. The number of carbonyl (C=O) groups is 1. The van der Waals surface area contributed by atoms with Crippen molar-refractivity contribution in [2.45, 2.75) is 40.3 Å². The third-order valence-corrected chi connectivity index (χ3v) is 4.87. The smallest absolute Gasteiger partial charge is 0.294 e. The summed E-state index contributed by atoms with van der Waals surface area (Å²) in [7, 11) is 0. The number of amides is 1. The van der Waals surface area contributed by atoms with Gasteiger partial charge in [-0.25, -0.2) is 9.67 Å². The molecule has 126 valence electrons. The van der Waals surface area contributed by atoms with Crippen molar-refractivity contribution >= 4 is 27.5 Å². The molecule has 0 aliphatic heterocycles. The van der Waals surface area contributed by atoms with Crippen molar-refractivity contribution in [3.63, 3.8) is 0 Å². The zero-order chi connectivity index (χ0) is 17.3. The quantitative estimate of drug-likeness (QED) is 0.762. The van der Waals surface area contributed by atoms with Gasteiger partial charge in [-0.05, 0) is 32.4 Å². The number of aryl methyl sites for hydroxylation is 3. The summed E-state index contributed by atoms with van der Waals surface area (Å²) in [6, 6.07) is 3.64. The second-order valence-corrected chi connectivity index (χ2v) is 6.56. The molecule has 8 heteroatoms. The highest BCUT2D eigenvalue weighted by molar-refractivity contribution is 7.18. The van der Waals surface area contributed by atoms with Crippen molar-refractivity contribution in [1.82, 2.24) is 20.1 Å². The summed E-state index contributed by atoms with van der Waals surface area (Å²) in [6.07, 6.45) is 0.765. The first-order valence-electron chi connectivity index (χ1n) is 7.67. The Kier molecular flexibility index (Phi) is 4.48. The van der Waals surface area contributed by atoms with Crippen LogP contribution in [0.1, 0.15) is 29.1 Å². The summed E-state index contributed by atoms with van der Waals surface area (Å²) in [4.78, 5) is 28.9. The van der Waals surface area contributed by atoms with Crippen molar-refractivity contribution in [2.24, 2.45) is 0 Å². The Morgan fingerprint density at radius 1 is 1.38 bits per heavy atom. The van der Waals surface area contributed by atoms with Crippen LogP contribution in [0, 0.1) is 13.8 Å². The van der Waals surface area contributed by atoms with Crippen LogP contribution in [-0.2, 0) is 24.3 Å². The highest BCUT2D eigenvalue weighted by Gasteiger charge is 2.15. The Morgan fingerprint density at radius 2 is 2.17 bits per heavy atom. The van der Waals surface area contributed by atoms with Gasteiger partial charge in [0.25, 0.3) is 5.56 Å². The van der Waals surface area contributed by atoms with Crippen molar-refractivity contribution in [3.8, 4) is 0 Å². The number of nitrogens with zero attached hydrogens (tertiary/aromatic N) is 3. The lowest BCUT2D eigenvalue weighted by Gasteiger charge is -2.06. The lowest BCUT2D eigenvalue weighted by molar-refractivity contribution is -0.122. The molecule has 0 aliphatic rings. The summed E-state index contributed by atoms with van der Waals surface area (Å²) in [6.45, 7) is 5.78. The molecule has 0 aliphatic carbocycles. The lowest BCUT2D eigenvalue weighted by atomic mass is 10.4. The molecule has 3 heterocycles. The second-order valence-electron chi connectivity index (χ2n) is 5.48. The van der Waals surface area contributed by atoms with Gasteiger partial charge < -0.3 is 9.73 Å². The molecule has 0 spiro atoms. The third-order valence-electron chi connectivity index (χ3n) is 3.56. The van der Waals surface area contributed by atoms with E-state index in [1.165, 1.54) is 16.0 Å². The Bertz CT molecular complexity index is 954. The minimum absolute atomic E-state index is 0.145. The van der Waals surface area contributed by atoms with Crippen LogP contribution in [-0.4, -0.2) is 20.7 Å². The number of rotatable bonds is 5. The van der Waals surface area contributed by atoms with Gasteiger partial charge in [0, 0.05) is 0 Å². The van der Waals surface area contributed by atoms with Crippen molar-refractivity contribution in [1.29, 1.82) is 0 Å². The minimum atomic E-state index is -0.337. The SMILES string of the molecule is CCc1nc2c(=O)n(CC(=O)NCc3ccc(C)o3)nc(C)c2s1. The van der Waals surface area contributed by atoms with E-state index in [0.29, 0.717) is 17.0 Å². The third kappa shape index (κ3) is 3.23. The van der Waals surface area contributed by atoms with E-state index in [9.17, 15) is 9.59 Å². The standard InChI is InChI=1S/C16H18N4O3S/c1-4-13-18-14-15(24-13)10(3)19-20(16(14)22)8-12(21)17-7-11-6-5-9(2)23-11/h5-6H,4,7-8H2,1-3H3,(H,17,21). The predicted molar refractivity (Wildman–Crippen MR) is 91.1 cm³/mol. The van der Waals surface area contributed by atoms with Gasteiger partial charge in [0.2, 0.25) is 5.91 Å². The van der Waals surface area contributed by atoms with Crippen molar-refractivity contribution < 1.29 is 9.21 Å². The number of thiazole rings is 1. The van der Waals surface area contributed by atoms with E-state index < -0.39 is 0 Å². The molecule has 0 saturated heterocycles. The van der Waals surface area contributed by atoms with E-state index in [-0.39, 0.29) is 24.6 Å². The van der Waals surface area contributed by atoms with Gasteiger partial charge in [0.05, 0.1) is 21.9 Å². The number of carbonyl (C=O) groups excluding carboxylic acids is 1. The Morgan fingerprint density at radius 3 is 2.83 bits per heavy atom. The number of fused-ring (bicyclic) bond motifs is 1. The molecule has 3 rings (SSSR count). The zero-order valence-corrected chi connectivity index (χ0v) is 14.6. The first kappa shape index (κ1) is 16.4. The van der Waals surface area contributed by atoms with Crippen LogP contribution < -0.4 is 10.9 Å². The van der Waals surface area contributed by atoms with Crippen LogP contribution in [0.15, 0.2) is 21.3 Å². The molecule has 24 heavy (non-hydrogen) atoms. The van der Waals surface area contributed by atoms with E-state index in [1.54, 1.807) is 6.07 Å². The van der Waals surface area contributed by atoms with E-state index >= 15 is 0 Å². The molecule has 7 nitrogen and oxygen atoms in total. The van der Waals surface area contributed by atoms with Crippen LogP contribution in [0.25, 0.3) is 10.2 Å². The molecular formula is C16H18N4O3S. The number of nitrogens with one attached hydrogen (secondary N) is 1. The predicted octanol–water partition coefficient (Wildman–Crippen LogP) is 1.94. The highest BCUT2D eigenvalue weighted by Crippen LogP contribution is 2.21. The summed E-state index contributed by atoms with van der Waals surface area (Å²) < 4.78 is 7.35. The van der Waals surface area contributed by atoms with Gasteiger partial charge in [-0.2, -0.15) is 5.10 Å². The number of hydrogen-bond donors (Lipinski definition) is 1. The summed E-state index contributed by atoms with van der Waals surface area (Å²) in [5.41, 5.74) is 0.755. The first-order chi connectivity index (χ1) is 11.5. The van der Waals surface area contributed by atoms with Crippen LogP contribution in [0.3, 0.4) is 0 Å². The fraction of sp³-hybridized carbons (Fsp3) is 0.375. The molecule has 0 unspecified atom stereocenters. The maximum atomic E-state index is 12.5. The molecule has 0 bridgehead atoms. The van der Waals surface area contributed by atoms with E-state index in [4.69, 9.17) is 4.42 Å². The van der Waals surface area contributed by atoms with E-state index in [2.05, 4.69) is 15.4 Å². The Labute approximate surface area is 142 Å². The molecule has 1 amide bonds. The average molecular weight is 346 g/mol. The molecule has 3 aromatic rings. The molecule has 0 atom stereocenters. The summed E-state index contributed by atoms with van der Waals surface area (Å²) >= 11 is 1.48. The summed E-state index contributed by atoms with van der Waals surface area (Å²) in [5.74, 6) is 1.15. The fourth-order valence-electron chi connectivity index (χ4n) is 2.36.